The van der Waals surface area contributed by atoms with Crippen molar-refractivity contribution in [3.63, 3.8) is 0 Å². The molecule has 2 amide bonds. The molecule has 7 nitrogen and oxygen atoms in total. The molecule has 1 heterocycles. The molecule has 0 saturated heterocycles. The van der Waals surface area contributed by atoms with Crippen LogP contribution in [0, 0.1) is 17.7 Å². The van der Waals surface area contributed by atoms with Gasteiger partial charge in [0.05, 0.1) is 22.0 Å². The van der Waals surface area contributed by atoms with Gasteiger partial charge in [0.1, 0.15) is 5.82 Å². The fourth-order valence-electron chi connectivity index (χ4n) is 4.05. The number of alkyl halides is 3. The molecule has 188 valence electrons. The molecule has 1 aliphatic rings. The van der Waals surface area contributed by atoms with E-state index in [0.717, 1.165) is 11.3 Å². The highest BCUT2D eigenvalue weighted by molar-refractivity contribution is 7.17. The van der Waals surface area contributed by atoms with Crippen LogP contribution >= 0.6 is 11.3 Å². The SMILES string of the molecule is O=C(Nc1ccc(-c2cnc(C(=O)[C@@H]3CCC[C@H]3C(=O)O)s2)cc1)Nc1cc(C(F)(F)F)ccc1F. The van der Waals surface area contributed by atoms with Crippen LogP contribution in [0.3, 0.4) is 0 Å². The average molecular weight is 521 g/mol. The van der Waals surface area contributed by atoms with Crippen LogP contribution < -0.4 is 10.6 Å². The molecule has 1 saturated carbocycles. The van der Waals surface area contributed by atoms with Crippen LogP contribution in [0.2, 0.25) is 0 Å². The predicted octanol–water partition coefficient (Wildman–Crippen LogP) is 6.30. The lowest BCUT2D eigenvalue weighted by Crippen LogP contribution is -2.25. The van der Waals surface area contributed by atoms with Gasteiger partial charge in [-0.05, 0) is 48.7 Å². The quantitative estimate of drug-likeness (QED) is 0.261. The smallest absolute Gasteiger partial charge is 0.416 e. The zero-order valence-electron chi connectivity index (χ0n) is 18.4. The first-order valence-electron chi connectivity index (χ1n) is 10.8. The molecule has 1 aromatic heterocycles. The normalized spacial score (nSPS) is 17.6. The Morgan fingerprint density at radius 1 is 1.00 bits per heavy atom. The maximum Gasteiger partial charge on any atom is 0.416 e. The number of nitrogens with one attached hydrogen (secondary N) is 2. The summed E-state index contributed by atoms with van der Waals surface area (Å²) in [7, 11) is 0. The summed E-state index contributed by atoms with van der Waals surface area (Å²) in [5.74, 6) is -3.58. The van der Waals surface area contributed by atoms with E-state index in [1.807, 2.05) is 0 Å². The number of Topliss-reactive ketones (excluding diaryl/α,β-unsaturated/α-hetero) is 1. The van der Waals surface area contributed by atoms with Gasteiger partial charge in [0, 0.05) is 17.8 Å². The molecule has 2 atom stereocenters. The maximum absolute atomic E-state index is 13.8. The molecule has 3 N–H and O–H groups in total. The Bertz CT molecular complexity index is 1310. The molecular formula is C24H19F4N3O4S. The second kappa shape index (κ2) is 10.1. The van der Waals surface area contributed by atoms with E-state index >= 15 is 0 Å². The van der Waals surface area contributed by atoms with Crippen molar-refractivity contribution in [1.29, 1.82) is 0 Å². The van der Waals surface area contributed by atoms with Gasteiger partial charge in [-0.15, -0.1) is 11.3 Å². The lowest BCUT2D eigenvalue weighted by atomic mass is 9.92. The molecule has 0 aliphatic heterocycles. The Morgan fingerprint density at radius 3 is 2.36 bits per heavy atom. The first-order valence-corrected chi connectivity index (χ1v) is 11.6. The molecule has 4 rings (SSSR count). The number of carbonyl (C=O) groups is 3. The van der Waals surface area contributed by atoms with E-state index < -0.39 is 47.1 Å². The number of anilines is 2. The number of thiazole rings is 1. The monoisotopic (exact) mass is 521 g/mol. The summed E-state index contributed by atoms with van der Waals surface area (Å²) >= 11 is 1.13. The molecule has 0 radical (unpaired) electrons. The first-order chi connectivity index (χ1) is 17.0. The number of halogens is 4. The largest absolute Gasteiger partial charge is 0.481 e. The number of rotatable bonds is 6. The van der Waals surface area contributed by atoms with Crippen molar-refractivity contribution in [3.05, 3.63) is 65.0 Å². The highest BCUT2D eigenvalue weighted by Gasteiger charge is 2.39. The lowest BCUT2D eigenvalue weighted by Gasteiger charge is -2.12. The Balaban J connectivity index is 1.41. The first kappa shape index (κ1) is 25.3. The van der Waals surface area contributed by atoms with Crippen molar-refractivity contribution in [2.45, 2.75) is 25.4 Å². The third-order valence-electron chi connectivity index (χ3n) is 5.86. The lowest BCUT2D eigenvalue weighted by molar-refractivity contribution is -0.142. The summed E-state index contributed by atoms with van der Waals surface area (Å²) in [5.41, 5.74) is -0.743. The molecule has 0 bridgehead atoms. The van der Waals surface area contributed by atoms with Gasteiger partial charge in [0.25, 0.3) is 0 Å². The highest BCUT2D eigenvalue weighted by Crippen LogP contribution is 2.37. The molecule has 1 fully saturated rings. The van der Waals surface area contributed by atoms with Crippen LogP contribution in [-0.4, -0.2) is 27.9 Å². The molecule has 36 heavy (non-hydrogen) atoms. The van der Waals surface area contributed by atoms with E-state index in [1.165, 1.54) is 18.3 Å². The van der Waals surface area contributed by atoms with Gasteiger partial charge in [-0.25, -0.2) is 14.2 Å². The van der Waals surface area contributed by atoms with E-state index in [9.17, 15) is 37.1 Å². The fourth-order valence-corrected chi connectivity index (χ4v) is 4.97. The minimum atomic E-state index is -4.69. The van der Waals surface area contributed by atoms with Crippen molar-refractivity contribution >= 4 is 40.5 Å². The molecule has 1 aliphatic carbocycles. The minimum absolute atomic E-state index is 0.229. The maximum atomic E-state index is 13.8. The van der Waals surface area contributed by atoms with E-state index in [1.54, 1.807) is 12.1 Å². The van der Waals surface area contributed by atoms with Gasteiger partial charge in [-0.2, -0.15) is 13.2 Å². The number of aliphatic carboxylic acids is 1. The van der Waals surface area contributed by atoms with Gasteiger partial charge in [-0.1, -0.05) is 18.6 Å². The standard InChI is InChI=1S/C24H19F4N3O4S/c25-17-9-6-13(24(26,27)28)10-18(17)31-23(35)30-14-7-4-12(5-8-14)19-11-29-21(36-19)20(32)15-2-1-3-16(15)22(33)34/h4-11,15-16H,1-3H2,(H,33,34)(H2,30,31,35)/t15-,16-/m1/s1. The van der Waals surface area contributed by atoms with E-state index in [2.05, 4.69) is 15.6 Å². The van der Waals surface area contributed by atoms with Crippen molar-refractivity contribution < 1.29 is 37.1 Å². The third kappa shape index (κ3) is 5.54. The number of hydrogen-bond donors (Lipinski definition) is 3. The third-order valence-corrected chi connectivity index (χ3v) is 6.92. The van der Waals surface area contributed by atoms with Crippen LogP contribution in [0.15, 0.2) is 48.7 Å². The number of nitrogens with zero attached hydrogens (tertiary/aromatic N) is 1. The molecule has 0 spiro atoms. The summed E-state index contributed by atoms with van der Waals surface area (Å²) in [6.45, 7) is 0. The van der Waals surface area contributed by atoms with Crippen LogP contribution in [0.25, 0.3) is 10.4 Å². The van der Waals surface area contributed by atoms with Crippen molar-refractivity contribution in [2.24, 2.45) is 11.8 Å². The van der Waals surface area contributed by atoms with Gasteiger partial charge in [0.2, 0.25) is 0 Å². The molecule has 12 heteroatoms. The second-order valence-electron chi connectivity index (χ2n) is 8.22. The summed E-state index contributed by atoms with van der Waals surface area (Å²) in [5, 5.41) is 14.0. The van der Waals surface area contributed by atoms with Gasteiger partial charge in [-0.3, -0.25) is 9.59 Å². The number of carbonyl (C=O) groups excluding carboxylic acids is 2. The average Bonchev–Trinajstić information content (AvgIpc) is 3.50. The molecule has 2 aromatic carbocycles. The van der Waals surface area contributed by atoms with E-state index in [0.29, 0.717) is 53.6 Å². The number of ketones is 1. The summed E-state index contributed by atoms with van der Waals surface area (Å²) in [4.78, 5) is 41.2. The van der Waals surface area contributed by atoms with Crippen LogP contribution in [0.1, 0.15) is 34.6 Å². The predicted molar refractivity (Wildman–Crippen MR) is 124 cm³/mol. The van der Waals surface area contributed by atoms with Gasteiger partial charge >= 0.3 is 18.2 Å². The Kier molecular flexibility index (Phi) is 7.07. The Hall–Kier alpha value is -3.80. The molecule has 0 unspecified atom stereocenters. The number of urea groups is 1. The summed E-state index contributed by atoms with van der Waals surface area (Å²) < 4.78 is 52.4. The van der Waals surface area contributed by atoms with Crippen LogP contribution in [0.4, 0.5) is 33.7 Å². The molecular weight excluding hydrogens is 502 g/mol. The van der Waals surface area contributed by atoms with E-state index in [4.69, 9.17) is 0 Å². The van der Waals surface area contributed by atoms with Gasteiger partial charge < -0.3 is 15.7 Å². The van der Waals surface area contributed by atoms with Crippen molar-refractivity contribution in [2.75, 3.05) is 10.6 Å². The zero-order valence-corrected chi connectivity index (χ0v) is 19.3. The minimum Gasteiger partial charge on any atom is -0.481 e. The number of hydrogen-bond acceptors (Lipinski definition) is 5. The fraction of sp³-hybridized carbons (Fsp3) is 0.250. The van der Waals surface area contributed by atoms with Crippen LogP contribution in [0.5, 0.6) is 0 Å². The topological polar surface area (TPSA) is 108 Å². The zero-order chi connectivity index (χ0) is 26.0. The number of carboxylic acids is 1. The molecule has 3 aromatic rings. The highest BCUT2D eigenvalue weighted by atomic mass is 32.1. The van der Waals surface area contributed by atoms with E-state index in [-0.39, 0.29) is 10.8 Å². The number of aromatic nitrogens is 1. The Labute approximate surface area is 206 Å². The summed E-state index contributed by atoms with van der Waals surface area (Å²) in [6.07, 6.45) is -1.53. The number of carboxylic acid groups (broad SMARTS) is 1. The number of benzene rings is 2. The van der Waals surface area contributed by atoms with Gasteiger partial charge in [0.15, 0.2) is 10.8 Å². The van der Waals surface area contributed by atoms with Crippen LogP contribution in [-0.2, 0) is 11.0 Å². The van der Waals surface area contributed by atoms with Crippen molar-refractivity contribution in [3.8, 4) is 10.4 Å². The summed E-state index contributed by atoms with van der Waals surface area (Å²) in [6, 6.07) is 7.09. The van der Waals surface area contributed by atoms with Crippen molar-refractivity contribution in [1.82, 2.24) is 4.98 Å². The Morgan fingerprint density at radius 2 is 1.69 bits per heavy atom. The second-order valence-corrected chi connectivity index (χ2v) is 9.26. The number of amides is 2.